The number of aliphatic hydroxyl groups is 4. The molecular weight excluding hydrogens is 492 g/mol. The molecule has 5 aliphatic rings. The lowest BCUT2D eigenvalue weighted by Gasteiger charge is -2.65. The van der Waals surface area contributed by atoms with Crippen molar-refractivity contribution in [1.82, 2.24) is 0 Å². The Morgan fingerprint density at radius 3 is 2.42 bits per heavy atom. The molecule has 0 aromatic carbocycles. The van der Waals surface area contributed by atoms with E-state index in [1.165, 1.54) is 6.08 Å². The molecule has 9 nitrogen and oxygen atoms in total. The fourth-order valence-corrected chi connectivity index (χ4v) is 9.11. The number of carbonyl (C=O) groups is 3. The molecule has 9 heteroatoms. The van der Waals surface area contributed by atoms with E-state index in [0.29, 0.717) is 6.42 Å². The summed E-state index contributed by atoms with van der Waals surface area (Å²) in [5.74, 6) is -7.67. The van der Waals surface area contributed by atoms with Gasteiger partial charge in [-0.15, -0.1) is 0 Å². The van der Waals surface area contributed by atoms with Crippen LogP contribution in [-0.2, 0) is 23.9 Å². The number of ketones is 2. The lowest BCUT2D eigenvalue weighted by molar-refractivity contribution is -0.320. The van der Waals surface area contributed by atoms with Crippen LogP contribution in [0.1, 0.15) is 60.8 Å². The van der Waals surface area contributed by atoms with Crippen molar-refractivity contribution in [2.24, 2.45) is 52.8 Å². The smallest absolute Gasteiger partial charge is 0.309 e. The van der Waals surface area contributed by atoms with Crippen molar-refractivity contribution < 1.29 is 44.3 Å². The minimum atomic E-state index is -2.02. The SMILES string of the molecule is CC1=CC(=O)[C@@H](O)[C@@H]2C3C4(O)OC[C@]35C(C(CC(=O)CC(O)(C(C)C)C(C)C)C(=O)O[C@@H]5C[C@@H]12)[C@@H](C)[C@H]4O. The Hall–Kier alpha value is -1.65. The number of hydrogen-bond donors (Lipinski definition) is 4. The predicted octanol–water partition coefficient (Wildman–Crippen LogP) is 1.39. The summed E-state index contributed by atoms with van der Waals surface area (Å²) in [6.07, 6.45) is -1.95. The molecule has 4 unspecified atom stereocenters. The lowest BCUT2D eigenvalue weighted by atomic mass is 9.41. The van der Waals surface area contributed by atoms with Crippen LogP contribution in [-0.4, -0.2) is 74.3 Å². The Balaban J connectivity index is 1.56. The van der Waals surface area contributed by atoms with E-state index in [0.717, 1.165) is 5.57 Å². The Morgan fingerprint density at radius 2 is 1.82 bits per heavy atom. The molecule has 3 aliphatic carbocycles. The first-order valence-corrected chi connectivity index (χ1v) is 14.0. The molecule has 0 aromatic heterocycles. The van der Waals surface area contributed by atoms with E-state index >= 15 is 0 Å². The second kappa shape index (κ2) is 8.93. The van der Waals surface area contributed by atoms with Gasteiger partial charge in [0, 0.05) is 30.1 Å². The van der Waals surface area contributed by atoms with Gasteiger partial charge in [0.2, 0.25) is 0 Å². The van der Waals surface area contributed by atoms with Crippen molar-refractivity contribution in [1.29, 1.82) is 0 Å². The van der Waals surface area contributed by atoms with Crippen LogP contribution >= 0.6 is 0 Å². The fourth-order valence-electron chi connectivity index (χ4n) is 9.11. The van der Waals surface area contributed by atoms with Crippen LogP contribution in [0, 0.1) is 52.8 Å². The van der Waals surface area contributed by atoms with Crippen molar-refractivity contribution in [3.8, 4) is 0 Å². The maximum Gasteiger partial charge on any atom is 0.309 e. The van der Waals surface area contributed by atoms with Crippen molar-refractivity contribution in [2.45, 2.75) is 90.5 Å². The van der Waals surface area contributed by atoms with Gasteiger partial charge in [-0.25, -0.2) is 0 Å². The van der Waals surface area contributed by atoms with E-state index in [2.05, 4.69) is 0 Å². The van der Waals surface area contributed by atoms with E-state index in [-0.39, 0.29) is 43.0 Å². The molecule has 2 saturated carbocycles. The van der Waals surface area contributed by atoms with E-state index in [4.69, 9.17) is 9.47 Å². The van der Waals surface area contributed by atoms with Gasteiger partial charge in [-0.3, -0.25) is 14.4 Å². The van der Waals surface area contributed by atoms with Crippen LogP contribution in [0.5, 0.6) is 0 Å². The summed E-state index contributed by atoms with van der Waals surface area (Å²) in [5, 5.41) is 45.5. The summed E-state index contributed by atoms with van der Waals surface area (Å²) in [6, 6.07) is 0. The summed E-state index contributed by atoms with van der Waals surface area (Å²) < 4.78 is 12.0. The second-order valence-electron chi connectivity index (χ2n) is 13.4. The normalized spacial score (nSPS) is 46.0. The first kappa shape index (κ1) is 27.9. The van der Waals surface area contributed by atoms with E-state index in [1.807, 2.05) is 27.7 Å². The highest BCUT2D eigenvalue weighted by atomic mass is 16.6. The first-order valence-electron chi connectivity index (χ1n) is 14.0. The zero-order valence-corrected chi connectivity index (χ0v) is 23.1. The predicted molar refractivity (Wildman–Crippen MR) is 134 cm³/mol. The third-order valence-corrected chi connectivity index (χ3v) is 11.1. The summed E-state index contributed by atoms with van der Waals surface area (Å²) in [6.45, 7) is 11.0. The maximum atomic E-state index is 13.5. The van der Waals surface area contributed by atoms with E-state index in [1.54, 1.807) is 13.8 Å². The fraction of sp³-hybridized carbons (Fsp3) is 0.828. The number of hydrogen-bond acceptors (Lipinski definition) is 9. The van der Waals surface area contributed by atoms with Gasteiger partial charge in [0.25, 0.3) is 0 Å². The number of aliphatic hydroxyl groups excluding tert-OH is 2. The summed E-state index contributed by atoms with van der Waals surface area (Å²) >= 11 is 0. The molecular formula is C29H42O9. The largest absolute Gasteiger partial charge is 0.461 e. The van der Waals surface area contributed by atoms with Gasteiger partial charge in [-0.2, -0.15) is 0 Å². The Kier molecular flexibility index (Phi) is 6.56. The Labute approximate surface area is 223 Å². The third kappa shape index (κ3) is 3.51. The van der Waals surface area contributed by atoms with Gasteiger partial charge < -0.3 is 29.9 Å². The molecule has 38 heavy (non-hydrogen) atoms. The highest BCUT2D eigenvalue weighted by Crippen LogP contribution is 2.71. The average Bonchev–Trinajstić information content (AvgIpc) is 3.11. The van der Waals surface area contributed by atoms with Crippen molar-refractivity contribution in [2.75, 3.05) is 6.61 Å². The molecule has 0 aromatic rings. The van der Waals surface area contributed by atoms with Crippen LogP contribution in [0.15, 0.2) is 11.6 Å². The number of ether oxygens (including phenoxy) is 2. The summed E-state index contributed by atoms with van der Waals surface area (Å²) in [5.41, 5.74) is -1.47. The minimum Gasteiger partial charge on any atom is -0.461 e. The molecule has 4 fully saturated rings. The lowest BCUT2D eigenvalue weighted by Crippen LogP contribution is -2.74. The molecule has 2 heterocycles. The van der Waals surface area contributed by atoms with E-state index in [9.17, 15) is 34.8 Å². The Bertz CT molecular complexity index is 1060. The van der Waals surface area contributed by atoms with Crippen molar-refractivity contribution in [3.63, 3.8) is 0 Å². The summed E-state index contributed by atoms with van der Waals surface area (Å²) in [4.78, 5) is 39.7. The monoisotopic (exact) mass is 534 g/mol. The van der Waals surface area contributed by atoms with Gasteiger partial charge in [0.05, 0.1) is 18.1 Å². The third-order valence-electron chi connectivity index (χ3n) is 11.1. The second-order valence-corrected chi connectivity index (χ2v) is 13.4. The van der Waals surface area contributed by atoms with E-state index < -0.39 is 76.5 Å². The standard InChI is InChI=1S/C29H42O9/c1-12(2)28(35,13(3)4)10-16(30)8-18-22-15(6)25(33)29(36)24-21-17(14(5)7-19(31)23(21)32)9-20(38-26(18)34)27(22,24)11-37-29/h7,12-13,15,17-18,20-25,32-33,35-36H,8-11H2,1-6H3/t15-,17+,18?,20-,21-,22?,23-,24?,25-,27+,29?/m1/s1. The quantitative estimate of drug-likeness (QED) is 0.371. The van der Waals surface area contributed by atoms with Gasteiger partial charge in [-0.1, -0.05) is 40.2 Å². The number of carbonyl (C=O) groups excluding carboxylic acids is 3. The van der Waals surface area contributed by atoms with Gasteiger partial charge >= 0.3 is 5.97 Å². The Morgan fingerprint density at radius 1 is 1.18 bits per heavy atom. The van der Waals surface area contributed by atoms with Crippen LogP contribution in [0.3, 0.4) is 0 Å². The topological polar surface area (TPSA) is 151 Å². The van der Waals surface area contributed by atoms with Gasteiger partial charge in [0.1, 0.15) is 24.1 Å². The minimum absolute atomic E-state index is 0.0162. The molecule has 1 spiro atoms. The van der Waals surface area contributed by atoms with Crippen LogP contribution in [0.4, 0.5) is 0 Å². The van der Waals surface area contributed by atoms with Crippen LogP contribution < -0.4 is 0 Å². The zero-order valence-electron chi connectivity index (χ0n) is 23.1. The highest BCUT2D eigenvalue weighted by molar-refractivity contribution is 5.95. The molecule has 2 bridgehead atoms. The number of esters is 1. The summed E-state index contributed by atoms with van der Waals surface area (Å²) in [7, 11) is 0. The molecule has 2 saturated heterocycles. The van der Waals surface area contributed by atoms with Crippen LogP contribution in [0.25, 0.3) is 0 Å². The maximum absolute atomic E-state index is 13.5. The molecule has 4 N–H and O–H groups in total. The molecule has 2 aliphatic heterocycles. The molecule has 0 radical (unpaired) electrons. The molecule has 11 atom stereocenters. The number of rotatable bonds is 6. The van der Waals surface area contributed by atoms with Crippen molar-refractivity contribution in [3.05, 3.63) is 11.6 Å². The molecule has 5 rings (SSSR count). The van der Waals surface area contributed by atoms with Crippen molar-refractivity contribution >= 4 is 17.5 Å². The number of allylic oxidation sites excluding steroid dienone is 1. The zero-order chi connectivity index (χ0) is 28.1. The van der Waals surface area contributed by atoms with Crippen LogP contribution in [0.2, 0.25) is 0 Å². The molecule has 212 valence electrons. The van der Waals surface area contributed by atoms with Gasteiger partial charge in [0.15, 0.2) is 11.6 Å². The first-order chi connectivity index (χ1) is 17.6. The highest BCUT2D eigenvalue weighted by Gasteiger charge is 2.80. The number of Topliss-reactive ketones (excluding diaryl/α,β-unsaturated/α-hetero) is 1. The van der Waals surface area contributed by atoms with Gasteiger partial charge in [-0.05, 0) is 49.0 Å². The average molecular weight is 535 g/mol. The molecule has 0 amide bonds. The number of fused-ring (bicyclic) bond motifs is 1.